The Hall–Kier alpha value is -1.02. The fourth-order valence-electron chi connectivity index (χ4n) is 1.08. The molecule has 7 nitrogen and oxygen atoms in total. The van der Waals surface area contributed by atoms with Crippen LogP contribution in [0.25, 0.3) is 0 Å². The molecule has 0 saturated carbocycles. The zero-order valence-electron chi connectivity index (χ0n) is 12.0. The topological polar surface area (TPSA) is 90.7 Å². The van der Waals surface area contributed by atoms with E-state index in [9.17, 15) is 8.42 Å². The molecule has 0 heterocycles. The minimum atomic E-state index is -4.55. The number of rotatable bonds is 2. The van der Waals surface area contributed by atoms with E-state index in [4.69, 9.17) is 4.55 Å². The van der Waals surface area contributed by atoms with Gasteiger partial charge in [0.05, 0.1) is 18.1 Å². The molecule has 8 heteroatoms. The summed E-state index contributed by atoms with van der Waals surface area (Å²) in [5.41, 5.74) is -0.602. The molecule has 0 bridgehead atoms. The van der Waals surface area contributed by atoms with E-state index in [1.54, 1.807) is 0 Å². The number of guanidine groups is 1. The van der Waals surface area contributed by atoms with Crippen molar-refractivity contribution < 1.29 is 22.0 Å². The third-order valence-electron chi connectivity index (χ3n) is 1.51. The summed E-state index contributed by atoms with van der Waals surface area (Å²) in [5, 5.41) is 6.13. The van der Waals surface area contributed by atoms with Crippen molar-refractivity contribution in [3.8, 4) is 0 Å². The average molecular weight is 282 g/mol. The van der Waals surface area contributed by atoms with Gasteiger partial charge in [-0.3, -0.25) is 15.2 Å². The molecule has 108 valence electrons. The van der Waals surface area contributed by atoms with Gasteiger partial charge in [-0.05, 0) is 41.5 Å². The van der Waals surface area contributed by atoms with Crippen LogP contribution in [0.1, 0.15) is 41.5 Å². The standard InChI is InChI=1S/C10H23N3O4S/c1-9(2,3)11-8(12-10(4,5)6)13(7)17-18(14,15)16/h1-7H3,(H2,11,12,14,15,16)/p+1. The Morgan fingerprint density at radius 3 is 1.61 bits per heavy atom. The second-order valence-corrected chi connectivity index (χ2v) is 7.10. The second-order valence-electron chi connectivity index (χ2n) is 6.10. The van der Waals surface area contributed by atoms with Gasteiger partial charge in [0.2, 0.25) is 0 Å². The zero-order valence-corrected chi connectivity index (χ0v) is 12.8. The SMILES string of the molecule is C[N+](OS(=O)(=O)O)=C(NC(C)(C)C)NC(C)(C)C. The van der Waals surface area contributed by atoms with Gasteiger partial charge in [0.25, 0.3) is 0 Å². The minimum Gasteiger partial charge on any atom is -0.271 e. The highest BCUT2D eigenvalue weighted by molar-refractivity contribution is 7.80. The molecule has 0 radical (unpaired) electrons. The van der Waals surface area contributed by atoms with Gasteiger partial charge in [0.15, 0.2) is 0 Å². The smallest absolute Gasteiger partial charge is 0.271 e. The second kappa shape index (κ2) is 5.31. The van der Waals surface area contributed by atoms with E-state index < -0.39 is 10.4 Å². The Labute approximate surface area is 109 Å². The van der Waals surface area contributed by atoms with Crippen molar-refractivity contribution in [2.45, 2.75) is 52.6 Å². The first-order valence-corrected chi connectivity index (χ1v) is 6.90. The predicted octanol–water partition coefficient (Wildman–Crippen LogP) is 0.495. The molecule has 3 N–H and O–H groups in total. The Kier molecular flexibility index (Phi) is 5.01. The Bertz CT molecular complexity index is 397. The fraction of sp³-hybridized carbons (Fsp3) is 0.900. The van der Waals surface area contributed by atoms with Crippen LogP contribution in [0.2, 0.25) is 0 Å². The van der Waals surface area contributed by atoms with Gasteiger partial charge >= 0.3 is 16.4 Å². The van der Waals surface area contributed by atoms with E-state index in [1.807, 2.05) is 41.5 Å². The van der Waals surface area contributed by atoms with Gasteiger partial charge in [0.1, 0.15) is 0 Å². The van der Waals surface area contributed by atoms with Crippen molar-refractivity contribution in [2.75, 3.05) is 7.05 Å². The van der Waals surface area contributed by atoms with E-state index in [0.29, 0.717) is 5.96 Å². The number of hydrogen-bond acceptors (Lipinski definition) is 3. The summed E-state index contributed by atoms with van der Waals surface area (Å²) in [4.78, 5) is 0. The molecule has 0 aromatic carbocycles. The summed E-state index contributed by atoms with van der Waals surface area (Å²) in [5.74, 6) is 0.340. The largest absolute Gasteiger partial charge is 0.476 e. The number of hydrogen-bond donors (Lipinski definition) is 3. The first-order chi connectivity index (χ1) is 7.70. The predicted molar refractivity (Wildman–Crippen MR) is 69.6 cm³/mol. The molecule has 0 aliphatic rings. The normalized spacial score (nSPS) is 12.9. The molecule has 0 rings (SSSR count). The number of nitrogens with one attached hydrogen (secondary N) is 2. The van der Waals surface area contributed by atoms with Gasteiger partial charge in [-0.15, -0.1) is 0 Å². The fourth-order valence-corrected chi connectivity index (χ4v) is 1.43. The van der Waals surface area contributed by atoms with Gasteiger partial charge in [-0.25, -0.2) is 4.28 Å². The molecule has 0 saturated heterocycles. The first kappa shape index (κ1) is 17.0. The molecular weight excluding hydrogens is 258 g/mol. The molecule has 0 unspecified atom stereocenters. The maximum Gasteiger partial charge on any atom is 0.476 e. The van der Waals surface area contributed by atoms with Crippen molar-refractivity contribution in [3.05, 3.63) is 0 Å². The molecule has 18 heavy (non-hydrogen) atoms. The molecule has 0 aromatic rings. The molecule has 0 fully saturated rings. The molecule has 0 aliphatic carbocycles. The Morgan fingerprint density at radius 1 is 1.06 bits per heavy atom. The van der Waals surface area contributed by atoms with Crippen LogP contribution < -0.4 is 10.6 Å². The van der Waals surface area contributed by atoms with E-state index in [1.165, 1.54) is 7.05 Å². The zero-order chi connectivity index (χ0) is 14.8. The van der Waals surface area contributed by atoms with Crippen LogP contribution in [-0.4, -0.2) is 41.8 Å². The molecule has 0 aromatic heterocycles. The van der Waals surface area contributed by atoms with Gasteiger partial charge in [0, 0.05) is 0 Å². The summed E-state index contributed by atoms with van der Waals surface area (Å²) in [6, 6.07) is 0. The lowest BCUT2D eigenvalue weighted by molar-refractivity contribution is -0.728. The highest BCUT2D eigenvalue weighted by atomic mass is 32.3. The minimum absolute atomic E-state index is 0.301. The Morgan fingerprint density at radius 2 is 1.39 bits per heavy atom. The van der Waals surface area contributed by atoms with Crippen LogP contribution in [0.15, 0.2) is 0 Å². The summed E-state index contributed by atoms with van der Waals surface area (Å²) < 4.78 is 35.4. The van der Waals surface area contributed by atoms with Crippen LogP contribution in [-0.2, 0) is 14.7 Å². The van der Waals surface area contributed by atoms with E-state index >= 15 is 0 Å². The van der Waals surface area contributed by atoms with Crippen LogP contribution >= 0.6 is 0 Å². The maximum atomic E-state index is 10.7. The number of hydroxylamine groups is 1. The lowest BCUT2D eigenvalue weighted by Crippen LogP contribution is -2.56. The maximum absolute atomic E-state index is 10.7. The highest BCUT2D eigenvalue weighted by Gasteiger charge is 2.27. The van der Waals surface area contributed by atoms with Crippen molar-refractivity contribution >= 4 is 16.4 Å². The van der Waals surface area contributed by atoms with Gasteiger partial charge < -0.3 is 0 Å². The van der Waals surface area contributed by atoms with Crippen LogP contribution in [0, 0.1) is 0 Å². The lowest BCUT2D eigenvalue weighted by atomic mass is 10.1. The first-order valence-electron chi connectivity index (χ1n) is 5.54. The summed E-state index contributed by atoms with van der Waals surface area (Å²) in [6.07, 6.45) is 0. The molecule has 0 atom stereocenters. The summed E-state index contributed by atoms with van der Waals surface area (Å²) >= 11 is 0. The van der Waals surface area contributed by atoms with Gasteiger partial charge in [-0.2, -0.15) is 8.42 Å². The third kappa shape index (κ3) is 9.06. The monoisotopic (exact) mass is 282 g/mol. The van der Waals surface area contributed by atoms with Crippen LogP contribution in [0.4, 0.5) is 0 Å². The van der Waals surface area contributed by atoms with Crippen molar-refractivity contribution in [3.63, 3.8) is 0 Å². The van der Waals surface area contributed by atoms with E-state index in [0.717, 1.165) is 4.74 Å². The molecule has 0 aliphatic heterocycles. The Balaban J connectivity index is 5.25. The average Bonchev–Trinajstić information content (AvgIpc) is 1.93. The van der Waals surface area contributed by atoms with Crippen molar-refractivity contribution in [1.29, 1.82) is 0 Å². The highest BCUT2D eigenvalue weighted by Crippen LogP contribution is 2.02. The molecule has 0 spiro atoms. The van der Waals surface area contributed by atoms with Crippen molar-refractivity contribution in [1.82, 2.24) is 10.6 Å². The molecular formula is C10H24N3O4S+. The van der Waals surface area contributed by atoms with Gasteiger partial charge in [-0.1, -0.05) is 4.74 Å². The van der Waals surface area contributed by atoms with E-state index in [-0.39, 0.29) is 11.1 Å². The van der Waals surface area contributed by atoms with Crippen LogP contribution in [0.3, 0.4) is 0 Å². The molecule has 0 amide bonds. The van der Waals surface area contributed by atoms with Crippen LogP contribution in [0.5, 0.6) is 0 Å². The lowest BCUT2D eigenvalue weighted by Gasteiger charge is -2.24. The van der Waals surface area contributed by atoms with Crippen molar-refractivity contribution in [2.24, 2.45) is 0 Å². The number of nitrogens with zero attached hydrogens (tertiary/aromatic N) is 1. The quantitative estimate of drug-likeness (QED) is 0.225. The summed E-state index contributed by atoms with van der Waals surface area (Å²) in [6.45, 7) is 11.5. The third-order valence-corrected chi connectivity index (χ3v) is 1.92. The summed E-state index contributed by atoms with van der Waals surface area (Å²) in [7, 11) is -3.18. The van der Waals surface area contributed by atoms with E-state index in [2.05, 4.69) is 14.9 Å².